The van der Waals surface area contributed by atoms with Gasteiger partial charge in [-0.05, 0) is 23.7 Å². The average Bonchev–Trinajstić information content (AvgIpc) is 2.82. The maximum absolute atomic E-state index is 6.23. The third kappa shape index (κ3) is 2.22. The van der Waals surface area contributed by atoms with Crippen molar-refractivity contribution in [3.8, 4) is 11.5 Å². The number of halogens is 1. The van der Waals surface area contributed by atoms with Crippen molar-refractivity contribution in [1.29, 1.82) is 0 Å². The van der Waals surface area contributed by atoms with Crippen LogP contribution in [0.15, 0.2) is 60.6 Å². The van der Waals surface area contributed by atoms with Crippen molar-refractivity contribution in [1.82, 2.24) is 0 Å². The van der Waals surface area contributed by atoms with E-state index in [0.717, 1.165) is 17.1 Å². The average molecular weight is 256 g/mol. The van der Waals surface area contributed by atoms with Gasteiger partial charge in [0.2, 0.25) is 0 Å². The molecule has 0 radical (unpaired) electrons. The number of hydrogen-bond acceptors (Lipinski definition) is 2. The van der Waals surface area contributed by atoms with Gasteiger partial charge in [0.25, 0.3) is 0 Å². The Labute approximate surface area is 111 Å². The van der Waals surface area contributed by atoms with Crippen LogP contribution in [0.4, 0.5) is 0 Å². The van der Waals surface area contributed by atoms with Gasteiger partial charge in [0.05, 0.1) is 0 Å². The Hall–Kier alpha value is -1.87. The van der Waals surface area contributed by atoms with Crippen molar-refractivity contribution >= 4 is 23.8 Å². The Morgan fingerprint density at radius 1 is 0.889 bits per heavy atom. The molecule has 2 aromatic rings. The van der Waals surface area contributed by atoms with Crippen molar-refractivity contribution in [2.75, 3.05) is 0 Å². The van der Waals surface area contributed by atoms with Crippen LogP contribution >= 0.6 is 11.6 Å². The van der Waals surface area contributed by atoms with Gasteiger partial charge in [0.1, 0.15) is 11.5 Å². The highest BCUT2D eigenvalue weighted by atomic mass is 35.5. The van der Waals surface area contributed by atoms with Crippen LogP contribution in [0, 0.1) is 0 Å². The molecule has 18 heavy (non-hydrogen) atoms. The predicted molar refractivity (Wildman–Crippen MR) is 73.7 cm³/mol. The summed E-state index contributed by atoms with van der Waals surface area (Å²) in [6.45, 7) is 0. The maximum Gasteiger partial charge on any atom is 0.626 e. The van der Waals surface area contributed by atoms with Crippen LogP contribution in [0.1, 0.15) is 5.56 Å². The number of para-hydroxylation sites is 2. The lowest BCUT2D eigenvalue weighted by molar-refractivity contribution is 0.517. The standard InChI is InChI=1S/C14H10BClO2/c16-12(11-6-2-1-3-7-11)10-15-17-13-8-4-5-9-14(13)18-15/h1-10H/b12-10-. The highest BCUT2D eigenvalue weighted by molar-refractivity contribution is 6.61. The monoisotopic (exact) mass is 256 g/mol. The van der Waals surface area contributed by atoms with E-state index in [1.807, 2.05) is 54.6 Å². The summed E-state index contributed by atoms with van der Waals surface area (Å²) in [5.41, 5.74) is 0.947. The molecule has 0 aliphatic carbocycles. The Kier molecular flexibility index (Phi) is 2.99. The third-order valence-corrected chi connectivity index (χ3v) is 3.01. The van der Waals surface area contributed by atoms with E-state index in [4.69, 9.17) is 20.9 Å². The first-order valence-electron chi connectivity index (χ1n) is 5.68. The fourth-order valence-corrected chi connectivity index (χ4v) is 2.03. The van der Waals surface area contributed by atoms with Crippen LogP contribution < -0.4 is 9.31 Å². The molecule has 1 heterocycles. The third-order valence-electron chi connectivity index (χ3n) is 2.67. The van der Waals surface area contributed by atoms with E-state index in [9.17, 15) is 0 Å². The van der Waals surface area contributed by atoms with Gasteiger partial charge in [0, 0.05) is 5.03 Å². The number of benzene rings is 2. The van der Waals surface area contributed by atoms with E-state index in [1.165, 1.54) is 0 Å². The molecule has 88 valence electrons. The summed E-state index contributed by atoms with van der Waals surface area (Å²) in [4.78, 5) is 0. The zero-order chi connectivity index (χ0) is 12.4. The lowest BCUT2D eigenvalue weighted by Crippen LogP contribution is -2.21. The minimum Gasteiger partial charge on any atom is -0.520 e. The van der Waals surface area contributed by atoms with Crippen molar-refractivity contribution < 1.29 is 9.31 Å². The van der Waals surface area contributed by atoms with E-state index < -0.39 is 7.12 Å². The summed E-state index contributed by atoms with van der Waals surface area (Å²) >= 11 is 6.23. The fourth-order valence-electron chi connectivity index (χ4n) is 1.80. The van der Waals surface area contributed by atoms with Crippen LogP contribution in [-0.2, 0) is 0 Å². The molecule has 0 saturated carbocycles. The zero-order valence-electron chi connectivity index (χ0n) is 9.55. The highest BCUT2D eigenvalue weighted by Gasteiger charge is 2.29. The van der Waals surface area contributed by atoms with Crippen molar-refractivity contribution in [3.63, 3.8) is 0 Å². The first kappa shape index (κ1) is 11.2. The van der Waals surface area contributed by atoms with Crippen molar-refractivity contribution in [2.45, 2.75) is 0 Å². The normalized spacial score (nSPS) is 13.8. The van der Waals surface area contributed by atoms with Gasteiger partial charge >= 0.3 is 7.12 Å². The second kappa shape index (κ2) is 4.79. The van der Waals surface area contributed by atoms with Gasteiger partial charge in [-0.1, -0.05) is 54.1 Å². The van der Waals surface area contributed by atoms with Crippen molar-refractivity contribution in [2.24, 2.45) is 0 Å². The Balaban J connectivity index is 1.80. The molecule has 2 aromatic carbocycles. The molecule has 4 heteroatoms. The molecule has 0 saturated heterocycles. The SMILES string of the molecule is Cl/C(=C\B1Oc2ccccc2O1)c1ccccc1. The molecular weight excluding hydrogens is 246 g/mol. The molecule has 0 bridgehead atoms. The summed E-state index contributed by atoms with van der Waals surface area (Å²) in [6, 6.07) is 17.3. The summed E-state index contributed by atoms with van der Waals surface area (Å²) in [5.74, 6) is 3.25. The van der Waals surface area contributed by atoms with Crippen LogP contribution in [0.3, 0.4) is 0 Å². The topological polar surface area (TPSA) is 18.5 Å². The number of rotatable bonds is 2. The molecule has 0 aromatic heterocycles. The molecule has 2 nitrogen and oxygen atoms in total. The number of hydrogen-bond donors (Lipinski definition) is 0. The maximum atomic E-state index is 6.23. The second-order valence-corrected chi connectivity index (χ2v) is 4.34. The lowest BCUT2D eigenvalue weighted by Gasteiger charge is -2.01. The number of fused-ring (bicyclic) bond motifs is 1. The van der Waals surface area contributed by atoms with Crippen LogP contribution in [0.5, 0.6) is 11.5 Å². The first-order valence-corrected chi connectivity index (χ1v) is 6.06. The summed E-state index contributed by atoms with van der Waals surface area (Å²) in [5, 5.41) is 0.619. The van der Waals surface area contributed by atoms with Gasteiger partial charge in [-0.25, -0.2) is 0 Å². The van der Waals surface area contributed by atoms with E-state index in [1.54, 1.807) is 5.98 Å². The molecule has 0 spiro atoms. The largest absolute Gasteiger partial charge is 0.626 e. The Morgan fingerprint density at radius 2 is 1.44 bits per heavy atom. The van der Waals surface area contributed by atoms with Crippen LogP contribution in [0.25, 0.3) is 5.03 Å². The Morgan fingerprint density at radius 3 is 2.06 bits per heavy atom. The molecule has 0 fully saturated rings. The van der Waals surface area contributed by atoms with Crippen LogP contribution in [0.2, 0.25) is 0 Å². The second-order valence-electron chi connectivity index (χ2n) is 3.93. The molecule has 0 unspecified atom stereocenters. The van der Waals surface area contributed by atoms with E-state index in [2.05, 4.69) is 0 Å². The van der Waals surface area contributed by atoms with Crippen molar-refractivity contribution in [3.05, 3.63) is 66.1 Å². The first-order chi connectivity index (χ1) is 8.83. The van der Waals surface area contributed by atoms with E-state index in [-0.39, 0.29) is 0 Å². The lowest BCUT2D eigenvalue weighted by atomic mass is 9.89. The van der Waals surface area contributed by atoms with Gasteiger partial charge in [-0.3, -0.25) is 0 Å². The zero-order valence-corrected chi connectivity index (χ0v) is 10.3. The summed E-state index contributed by atoms with van der Waals surface area (Å²) in [7, 11) is -0.463. The predicted octanol–water partition coefficient (Wildman–Crippen LogP) is 3.77. The molecule has 0 atom stereocenters. The minimum absolute atomic E-state index is 0.463. The quantitative estimate of drug-likeness (QED) is 0.762. The van der Waals surface area contributed by atoms with Gasteiger partial charge in [-0.15, -0.1) is 0 Å². The minimum atomic E-state index is -0.463. The molecular formula is C14H10BClO2. The molecule has 1 aliphatic heterocycles. The molecule has 0 N–H and O–H groups in total. The van der Waals surface area contributed by atoms with E-state index >= 15 is 0 Å². The van der Waals surface area contributed by atoms with Gasteiger partial charge in [0.15, 0.2) is 0 Å². The van der Waals surface area contributed by atoms with E-state index in [0.29, 0.717) is 5.03 Å². The fraction of sp³-hybridized carbons (Fsp3) is 0. The summed E-state index contributed by atoms with van der Waals surface area (Å²) in [6.07, 6.45) is 0. The smallest absolute Gasteiger partial charge is 0.520 e. The van der Waals surface area contributed by atoms with Crippen LogP contribution in [-0.4, -0.2) is 7.12 Å². The molecule has 3 rings (SSSR count). The van der Waals surface area contributed by atoms with Gasteiger partial charge < -0.3 is 9.31 Å². The highest BCUT2D eigenvalue weighted by Crippen LogP contribution is 2.33. The summed E-state index contributed by atoms with van der Waals surface area (Å²) < 4.78 is 11.2. The molecule has 0 amide bonds. The molecule has 1 aliphatic rings. The van der Waals surface area contributed by atoms with Gasteiger partial charge in [-0.2, -0.15) is 0 Å². The Bertz CT molecular complexity index is 558.